The van der Waals surface area contributed by atoms with Crippen LogP contribution in [0.3, 0.4) is 0 Å². The lowest BCUT2D eigenvalue weighted by atomic mass is 9.84. The summed E-state index contributed by atoms with van der Waals surface area (Å²) in [5, 5.41) is 10.5. The first-order valence-corrected chi connectivity index (χ1v) is 10.3. The number of amides is 1. The van der Waals surface area contributed by atoms with Crippen LogP contribution in [0.15, 0.2) is 0 Å². The van der Waals surface area contributed by atoms with E-state index in [1.165, 1.54) is 77.6 Å². The van der Waals surface area contributed by atoms with Crippen molar-refractivity contribution in [2.45, 2.75) is 98.3 Å². The maximum absolute atomic E-state index is 9.98. The molecule has 1 saturated carbocycles. The van der Waals surface area contributed by atoms with Crippen LogP contribution in [0.25, 0.3) is 0 Å². The van der Waals surface area contributed by atoms with Gasteiger partial charge in [-0.2, -0.15) is 0 Å². The first kappa shape index (κ1) is 23.4. The van der Waals surface area contributed by atoms with Gasteiger partial charge in [0, 0.05) is 13.5 Å². The third kappa shape index (κ3) is 16.3. The van der Waals surface area contributed by atoms with Crippen molar-refractivity contribution >= 4 is 5.91 Å². The molecule has 144 valence electrons. The van der Waals surface area contributed by atoms with Gasteiger partial charge in [0.1, 0.15) is 0 Å². The molecule has 0 radical (unpaired) electrons. The van der Waals surface area contributed by atoms with E-state index in [2.05, 4.69) is 26.1 Å². The van der Waals surface area contributed by atoms with Gasteiger partial charge in [0.2, 0.25) is 5.91 Å². The zero-order chi connectivity index (χ0) is 18.2. The number of aliphatic hydroxyl groups is 1. The molecule has 24 heavy (non-hydrogen) atoms. The fourth-order valence-corrected chi connectivity index (χ4v) is 3.48. The fourth-order valence-electron chi connectivity index (χ4n) is 3.48. The minimum atomic E-state index is -0.103. The van der Waals surface area contributed by atoms with Crippen LogP contribution in [0.4, 0.5) is 0 Å². The van der Waals surface area contributed by atoms with E-state index in [4.69, 9.17) is 5.11 Å². The summed E-state index contributed by atoms with van der Waals surface area (Å²) in [5.41, 5.74) is 0. The van der Waals surface area contributed by atoms with Crippen LogP contribution in [-0.2, 0) is 4.79 Å². The molecule has 0 aromatic rings. The summed E-state index contributed by atoms with van der Waals surface area (Å²) >= 11 is 0. The van der Waals surface area contributed by atoms with E-state index in [9.17, 15) is 4.79 Å². The van der Waals surface area contributed by atoms with Gasteiger partial charge in [-0.25, -0.2) is 0 Å². The van der Waals surface area contributed by atoms with Gasteiger partial charge in [0.25, 0.3) is 0 Å². The molecule has 0 saturated heterocycles. The average Bonchev–Trinajstić information content (AvgIpc) is 2.54. The smallest absolute Gasteiger partial charge is 0.216 e. The van der Waals surface area contributed by atoms with Gasteiger partial charge in [0.05, 0.1) is 6.61 Å². The van der Waals surface area contributed by atoms with E-state index in [1.54, 1.807) is 0 Å². The minimum absolute atomic E-state index is 0.0135. The quantitative estimate of drug-likeness (QED) is 0.565. The maximum Gasteiger partial charge on any atom is 0.216 e. The summed E-state index contributed by atoms with van der Waals surface area (Å²) in [6.45, 7) is 8.92. The van der Waals surface area contributed by atoms with E-state index < -0.39 is 0 Å². The van der Waals surface area contributed by atoms with Crippen molar-refractivity contribution in [1.82, 2.24) is 5.32 Å². The summed E-state index contributed by atoms with van der Waals surface area (Å²) in [7, 11) is 0. The number of nitrogens with one attached hydrogen (secondary N) is 1. The van der Waals surface area contributed by atoms with E-state index in [-0.39, 0.29) is 12.5 Å². The first-order valence-electron chi connectivity index (χ1n) is 10.3. The van der Waals surface area contributed by atoms with Crippen LogP contribution in [0.5, 0.6) is 0 Å². The second-order valence-electron chi connectivity index (χ2n) is 8.07. The third-order valence-corrected chi connectivity index (χ3v) is 5.00. The molecule has 0 aromatic carbocycles. The number of rotatable bonds is 10. The lowest BCUT2D eigenvalue weighted by molar-refractivity contribution is -0.119. The topological polar surface area (TPSA) is 49.3 Å². The predicted molar refractivity (Wildman–Crippen MR) is 104 cm³/mol. The molecule has 1 rings (SSSR count). The molecule has 1 amide bonds. The van der Waals surface area contributed by atoms with Crippen molar-refractivity contribution in [2.24, 2.45) is 17.8 Å². The average molecular weight is 342 g/mol. The molecule has 3 heteroatoms. The molecule has 0 heterocycles. The molecule has 2 N–H and O–H groups in total. The van der Waals surface area contributed by atoms with Gasteiger partial charge < -0.3 is 10.4 Å². The van der Waals surface area contributed by atoms with E-state index in [0.717, 1.165) is 17.8 Å². The standard InChI is InChI=1S/C17H34.C4H9NO2/c1-15(2)9-7-10-16(3)11-8-14-17-12-5-4-6-13-17;1-4(7)5-2-3-6/h15-17H,4-14H2,1-3H3;6H,2-3H2,1H3,(H,5,7). The van der Waals surface area contributed by atoms with Gasteiger partial charge in [-0.1, -0.05) is 91.4 Å². The highest BCUT2D eigenvalue weighted by atomic mass is 16.3. The molecule has 0 aliphatic heterocycles. The Labute approximate surface area is 151 Å². The normalized spacial score (nSPS) is 16.4. The number of hydrogen-bond donors (Lipinski definition) is 2. The number of carbonyl (C=O) groups is 1. The van der Waals surface area contributed by atoms with E-state index in [1.807, 2.05) is 0 Å². The SMILES string of the molecule is CC(=O)NCCO.CC(C)CCCC(C)CCCC1CCCCC1. The first-order chi connectivity index (χ1) is 11.5. The summed E-state index contributed by atoms with van der Waals surface area (Å²) in [4.78, 5) is 9.98. The number of hydrogen-bond acceptors (Lipinski definition) is 2. The van der Waals surface area contributed by atoms with Crippen LogP contribution in [0.1, 0.15) is 98.3 Å². The molecular weight excluding hydrogens is 298 g/mol. The molecule has 1 atom stereocenters. The summed E-state index contributed by atoms with van der Waals surface area (Å²) in [5.74, 6) is 2.85. The monoisotopic (exact) mass is 341 g/mol. The Morgan fingerprint density at radius 1 is 1.04 bits per heavy atom. The largest absolute Gasteiger partial charge is 0.395 e. The van der Waals surface area contributed by atoms with Gasteiger partial charge in [-0.05, 0) is 17.8 Å². The molecule has 1 unspecified atom stereocenters. The van der Waals surface area contributed by atoms with Crippen molar-refractivity contribution in [1.29, 1.82) is 0 Å². The van der Waals surface area contributed by atoms with Crippen molar-refractivity contribution in [3.63, 3.8) is 0 Å². The van der Waals surface area contributed by atoms with Crippen LogP contribution in [-0.4, -0.2) is 24.2 Å². The summed E-state index contributed by atoms with van der Waals surface area (Å²) < 4.78 is 0. The Bertz CT molecular complexity index is 286. The highest BCUT2D eigenvalue weighted by molar-refractivity contribution is 5.72. The van der Waals surface area contributed by atoms with Crippen molar-refractivity contribution in [2.75, 3.05) is 13.2 Å². The summed E-state index contributed by atoms with van der Waals surface area (Å²) in [6, 6.07) is 0. The van der Waals surface area contributed by atoms with Gasteiger partial charge in [-0.15, -0.1) is 0 Å². The number of carbonyl (C=O) groups excluding carboxylic acids is 1. The second kappa shape index (κ2) is 15.9. The van der Waals surface area contributed by atoms with Crippen molar-refractivity contribution in [3.8, 4) is 0 Å². The summed E-state index contributed by atoms with van der Waals surface area (Å²) in [6.07, 6.45) is 16.4. The Balaban J connectivity index is 0.000000640. The fraction of sp³-hybridized carbons (Fsp3) is 0.952. The Morgan fingerprint density at radius 3 is 2.17 bits per heavy atom. The zero-order valence-corrected chi connectivity index (χ0v) is 16.8. The highest BCUT2D eigenvalue weighted by Crippen LogP contribution is 2.28. The van der Waals surface area contributed by atoms with Crippen LogP contribution in [0.2, 0.25) is 0 Å². The molecule has 0 aromatic heterocycles. The molecule has 1 aliphatic rings. The maximum atomic E-state index is 9.98. The predicted octanol–water partition coefficient (Wildman–Crippen LogP) is 5.31. The van der Waals surface area contributed by atoms with Crippen LogP contribution in [0, 0.1) is 17.8 Å². The van der Waals surface area contributed by atoms with E-state index in [0.29, 0.717) is 6.54 Å². The van der Waals surface area contributed by atoms with E-state index >= 15 is 0 Å². The Hall–Kier alpha value is -0.570. The van der Waals surface area contributed by atoms with Crippen molar-refractivity contribution < 1.29 is 9.90 Å². The molecule has 1 fully saturated rings. The highest BCUT2D eigenvalue weighted by Gasteiger charge is 2.13. The minimum Gasteiger partial charge on any atom is -0.395 e. The molecule has 0 spiro atoms. The molecule has 0 bridgehead atoms. The Morgan fingerprint density at radius 2 is 1.67 bits per heavy atom. The molecule has 1 aliphatic carbocycles. The van der Waals surface area contributed by atoms with Crippen LogP contribution < -0.4 is 5.32 Å². The number of aliphatic hydroxyl groups excluding tert-OH is 1. The lowest BCUT2D eigenvalue weighted by Gasteiger charge is -2.22. The van der Waals surface area contributed by atoms with Gasteiger partial charge in [0.15, 0.2) is 0 Å². The molecular formula is C21H43NO2. The van der Waals surface area contributed by atoms with Gasteiger partial charge in [-0.3, -0.25) is 4.79 Å². The second-order valence-corrected chi connectivity index (χ2v) is 8.07. The molecule has 3 nitrogen and oxygen atoms in total. The third-order valence-electron chi connectivity index (χ3n) is 5.00. The Kier molecular flexibility index (Phi) is 15.6. The van der Waals surface area contributed by atoms with Gasteiger partial charge >= 0.3 is 0 Å². The lowest BCUT2D eigenvalue weighted by Crippen LogP contribution is -2.22. The zero-order valence-electron chi connectivity index (χ0n) is 16.8. The van der Waals surface area contributed by atoms with Crippen LogP contribution >= 0.6 is 0 Å². The van der Waals surface area contributed by atoms with Crippen molar-refractivity contribution in [3.05, 3.63) is 0 Å².